The van der Waals surface area contributed by atoms with Gasteiger partial charge in [0.05, 0.1) is 23.3 Å². The Bertz CT molecular complexity index is 1230. The Hall–Kier alpha value is -3.49. The fourth-order valence-electron chi connectivity index (χ4n) is 3.02. The number of allylic oxidation sites excluding steroid dienone is 3. The van der Waals surface area contributed by atoms with Crippen LogP contribution in [0.2, 0.25) is 0 Å². The van der Waals surface area contributed by atoms with E-state index in [-0.39, 0.29) is 17.9 Å². The average molecular weight is 432 g/mol. The molecule has 5 nitrogen and oxygen atoms in total. The fourth-order valence-corrected chi connectivity index (χ4v) is 3.02. The molecule has 162 valence electrons. The third kappa shape index (κ3) is 4.99. The molecule has 0 radical (unpaired) electrons. The highest BCUT2D eigenvalue weighted by molar-refractivity contribution is 5.80. The maximum atomic E-state index is 13.4. The van der Waals surface area contributed by atoms with Crippen molar-refractivity contribution in [2.24, 2.45) is 4.99 Å². The number of rotatable bonds is 6. The average Bonchev–Trinajstić information content (AvgIpc) is 3.07. The van der Waals surface area contributed by atoms with Crippen LogP contribution in [-0.2, 0) is 12.7 Å². The molecule has 1 aromatic carbocycles. The maximum absolute atomic E-state index is 13.4. The Morgan fingerprint density at radius 1 is 1.26 bits per heavy atom. The standard InChI is InChI=1S/C22H20F4N4O/c1-3-14(4-2)11-27-18(10-23)13-30-19-9-16(12-28-20(19)29-21(30)31)15-6-5-7-17(8-15)22(24,25)26/h3,5-12H,4,13H2,1-2H3,(H,28,29,31)/b14-3-,18-10+,27-11+. The molecule has 31 heavy (non-hydrogen) atoms. The summed E-state index contributed by atoms with van der Waals surface area (Å²) in [6, 6.07) is 6.36. The summed E-state index contributed by atoms with van der Waals surface area (Å²) in [4.78, 5) is 23.2. The van der Waals surface area contributed by atoms with Crippen LogP contribution in [0.15, 0.2) is 70.0 Å². The number of alkyl halides is 3. The number of aliphatic imine (C=N–C) groups is 1. The van der Waals surface area contributed by atoms with Crippen LogP contribution in [0.1, 0.15) is 25.8 Å². The van der Waals surface area contributed by atoms with Gasteiger partial charge in [-0.05, 0) is 42.7 Å². The Kier molecular flexibility index (Phi) is 6.53. The summed E-state index contributed by atoms with van der Waals surface area (Å²) in [5.41, 5.74) is 0.859. The summed E-state index contributed by atoms with van der Waals surface area (Å²) < 4.78 is 53.8. The van der Waals surface area contributed by atoms with Crippen LogP contribution in [-0.4, -0.2) is 20.7 Å². The molecule has 0 aliphatic heterocycles. The molecule has 0 fully saturated rings. The number of fused-ring (bicyclic) bond motifs is 1. The van der Waals surface area contributed by atoms with Crippen LogP contribution in [0.3, 0.4) is 0 Å². The molecule has 0 spiro atoms. The Morgan fingerprint density at radius 3 is 2.68 bits per heavy atom. The van der Waals surface area contributed by atoms with E-state index in [1.54, 1.807) is 6.07 Å². The molecule has 1 N–H and O–H groups in total. The summed E-state index contributed by atoms with van der Waals surface area (Å²) in [7, 11) is 0. The van der Waals surface area contributed by atoms with Crippen molar-refractivity contribution in [1.82, 2.24) is 14.5 Å². The lowest BCUT2D eigenvalue weighted by molar-refractivity contribution is -0.137. The second-order valence-electron chi connectivity index (χ2n) is 6.76. The van der Waals surface area contributed by atoms with Crippen molar-refractivity contribution in [3.05, 3.63) is 76.3 Å². The van der Waals surface area contributed by atoms with Gasteiger partial charge in [-0.3, -0.25) is 14.5 Å². The molecule has 2 heterocycles. The predicted molar refractivity (Wildman–Crippen MR) is 113 cm³/mol. The third-order valence-corrected chi connectivity index (χ3v) is 4.77. The number of H-pyrrole nitrogens is 1. The summed E-state index contributed by atoms with van der Waals surface area (Å²) in [5, 5.41) is 0. The molecule has 2 aromatic heterocycles. The summed E-state index contributed by atoms with van der Waals surface area (Å²) >= 11 is 0. The van der Waals surface area contributed by atoms with Crippen LogP contribution in [0, 0.1) is 0 Å². The van der Waals surface area contributed by atoms with E-state index in [9.17, 15) is 22.4 Å². The van der Waals surface area contributed by atoms with Crippen LogP contribution in [0.25, 0.3) is 22.3 Å². The zero-order valence-electron chi connectivity index (χ0n) is 16.9. The van der Waals surface area contributed by atoms with Crippen LogP contribution in [0.4, 0.5) is 17.6 Å². The number of aromatic amines is 1. The van der Waals surface area contributed by atoms with E-state index in [0.29, 0.717) is 23.0 Å². The Labute approximate surface area is 175 Å². The largest absolute Gasteiger partial charge is 0.416 e. The van der Waals surface area contributed by atoms with E-state index in [1.807, 2.05) is 19.9 Å². The third-order valence-electron chi connectivity index (χ3n) is 4.77. The zero-order valence-corrected chi connectivity index (χ0v) is 16.9. The molecule has 0 saturated carbocycles. The lowest BCUT2D eigenvalue weighted by Crippen LogP contribution is -2.17. The van der Waals surface area contributed by atoms with Crippen molar-refractivity contribution in [1.29, 1.82) is 0 Å². The molecule has 0 bridgehead atoms. The van der Waals surface area contributed by atoms with E-state index in [4.69, 9.17) is 0 Å². The van der Waals surface area contributed by atoms with Crippen LogP contribution in [0.5, 0.6) is 0 Å². The van der Waals surface area contributed by atoms with Gasteiger partial charge in [0.15, 0.2) is 5.65 Å². The Morgan fingerprint density at radius 2 is 2.03 bits per heavy atom. The molecule has 0 aliphatic rings. The van der Waals surface area contributed by atoms with E-state index in [0.717, 1.165) is 24.1 Å². The molecule has 3 aromatic rings. The van der Waals surface area contributed by atoms with Gasteiger partial charge in [-0.15, -0.1) is 0 Å². The first-order chi connectivity index (χ1) is 14.8. The highest BCUT2D eigenvalue weighted by Crippen LogP contribution is 2.32. The number of hydrogen-bond donors (Lipinski definition) is 1. The highest BCUT2D eigenvalue weighted by Gasteiger charge is 2.30. The second-order valence-corrected chi connectivity index (χ2v) is 6.76. The fraction of sp³-hybridized carbons (Fsp3) is 0.227. The quantitative estimate of drug-likeness (QED) is 0.404. The minimum atomic E-state index is -4.48. The smallest absolute Gasteiger partial charge is 0.290 e. The molecule has 0 amide bonds. The van der Waals surface area contributed by atoms with Gasteiger partial charge in [0.25, 0.3) is 0 Å². The molecule has 3 rings (SSSR count). The topological polar surface area (TPSA) is 63.0 Å². The van der Waals surface area contributed by atoms with E-state index >= 15 is 0 Å². The number of pyridine rings is 1. The van der Waals surface area contributed by atoms with E-state index in [1.165, 1.54) is 29.1 Å². The van der Waals surface area contributed by atoms with E-state index in [2.05, 4.69) is 15.0 Å². The zero-order chi connectivity index (χ0) is 22.6. The van der Waals surface area contributed by atoms with Gasteiger partial charge in [0.2, 0.25) is 0 Å². The lowest BCUT2D eigenvalue weighted by atomic mass is 10.0. The first kappa shape index (κ1) is 22.2. The van der Waals surface area contributed by atoms with Gasteiger partial charge in [-0.25, -0.2) is 14.2 Å². The lowest BCUT2D eigenvalue weighted by Gasteiger charge is -2.09. The maximum Gasteiger partial charge on any atom is 0.416 e. The minimum absolute atomic E-state index is 0.0141. The summed E-state index contributed by atoms with van der Waals surface area (Å²) in [5.74, 6) is 0. The molecule has 9 heteroatoms. The van der Waals surface area contributed by atoms with Gasteiger partial charge < -0.3 is 0 Å². The molecule has 0 atom stereocenters. The van der Waals surface area contributed by atoms with Gasteiger partial charge in [0.1, 0.15) is 6.33 Å². The molecule has 0 aliphatic carbocycles. The second kappa shape index (κ2) is 9.11. The van der Waals surface area contributed by atoms with Crippen LogP contribution < -0.4 is 5.69 Å². The normalized spacial score (nSPS) is 13.5. The Balaban J connectivity index is 2.01. The van der Waals surface area contributed by atoms with Crippen molar-refractivity contribution < 1.29 is 17.6 Å². The van der Waals surface area contributed by atoms with E-state index < -0.39 is 17.4 Å². The minimum Gasteiger partial charge on any atom is -0.290 e. The number of hydrogen-bond acceptors (Lipinski definition) is 3. The first-order valence-electron chi connectivity index (χ1n) is 9.51. The summed E-state index contributed by atoms with van der Waals surface area (Å²) in [6.45, 7) is 3.61. The van der Waals surface area contributed by atoms with Crippen molar-refractivity contribution in [2.75, 3.05) is 0 Å². The van der Waals surface area contributed by atoms with Crippen molar-refractivity contribution in [3.63, 3.8) is 0 Å². The molecule has 0 unspecified atom stereocenters. The number of nitrogens with zero attached hydrogens (tertiary/aromatic N) is 3. The van der Waals surface area contributed by atoms with Crippen molar-refractivity contribution >= 4 is 17.4 Å². The van der Waals surface area contributed by atoms with Gasteiger partial charge in [-0.2, -0.15) is 13.2 Å². The number of benzene rings is 1. The molecule has 0 saturated heterocycles. The highest BCUT2D eigenvalue weighted by atomic mass is 19.4. The predicted octanol–water partition coefficient (Wildman–Crippen LogP) is 5.65. The number of halogens is 4. The first-order valence-corrected chi connectivity index (χ1v) is 9.51. The monoisotopic (exact) mass is 432 g/mol. The molecular weight excluding hydrogens is 412 g/mol. The van der Waals surface area contributed by atoms with Crippen LogP contribution >= 0.6 is 0 Å². The summed E-state index contributed by atoms with van der Waals surface area (Å²) in [6.07, 6.45) is 1.31. The van der Waals surface area contributed by atoms with Gasteiger partial charge >= 0.3 is 11.9 Å². The van der Waals surface area contributed by atoms with Crippen molar-refractivity contribution in [3.8, 4) is 11.1 Å². The van der Waals surface area contributed by atoms with Gasteiger partial charge in [0, 0.05) is 18.0 Å². The van der Waals surface area contributed by atoms with Gasteiger partial charge in [-0.1, -0.05) is 25.1 Å². The molecular formula is C22H20F4N4O. The SMILES string of the molecule is C\C=C(/C=N/C(=C/F)Cn1c(=O)[nH]c2ncc(-c3cccc(C(F)(F)F)c3)cc21)CC. The van der Waals surface area contributed by atoms with Crippen molar-refractivity contribution in [2.45, 2.75) is 33.0 Å². The number of aromatic nitrogens is 3. The number of imidazole rings is 1. The number of nitrogens with one attached hydrogen (secondary N) is 1.